The normalized spacial score (nSPS) is 12.5. The SMILES string of the molecule is N#Cc1ccc(-c2cncc3c2CCN3C(=O)c2ccc(Cl)cc2)cc1. The highest BCUT2D eigenvalue weighted by Gasteiger charge is 2.28. The zero-order valence-electron chi connectivity index (χ0n) is 13.8. The zero-order chi connectivity index (χ0) is 18.1. The van der Waals surface area contributed by atoms with E-state index in [0.29, 0.717) is 22.7 Å². The molecular formula is C21H14ClN3O. The molecule has 5 heteroatoms. The summed E-state index contributed by atoms with van der Waals surface area (Å²) < 4.78 is 0. The van der Waals surface area contributed by atoms with E-state index in [-0.39, 0.29) is 5.91 Å². The third-order valence-electron chi connectivity index (χ3n) is 4.57. The lowest BCUT2D eigenvalue weighted by atomic mass is 9.99. The number of nitrogens with zero attached hydrogens (tertiary/aromatic N) is 3. The van der Waals surface area contributed by atoms with Crippen LogP contribution < -0.4 is 4.90 Å². The van der Waals surface area contributed by atoms with Crippen LogP contribution in [0.5, 0.6) is 0 Å². The number of rotatable bonds is 2. The summed E-state index contributed by atoms with van der Waals surface area (Å²) in [6, 6.07) is 16.5. The second-order valence-corrected chi connectivity index (χ2v) is 6.52. The number of hydrogen-bond donors (Lipinski definition) is 0. The molecule has 1 aliphatic rings. The Labute approximate surface area is 156 Å². The molecule has 2 aromatic carbocycles. The van der Waals surface area contributed by atoms with Crippen molar-refractivity contribution >= 4 is 23.2 Å². The molecule has 1 amide bonds. The molecule has 0 atom stereocenters. The lowest BCUT2D eigenvalue weighted by Gasteiger charge is -2.17. The van der Waals surface area contributed by atoms with Crippen molar-refractivity contribution in [2.45, 2.75) is 6.42 Å². The van der Waals surface area contributed by atoms with Crippen molar-refractivity contribution in [3.8, 4) is 17.2 Å². The lowest BCUT2D eigenvalue weighted by Crippen LogP contribution is -2.28. The van der Waals surface area contributed by atoms with E-state index in [4.69, 9.17) is 16.9 Å². The lowest BCUT2D eigenvalue weighted by molar-refractivity contribution is 0.0989. The van der Waals surface area contributed by atoms with E-state index in [1.807, 2.05) is 18.3 Å². The molecule has 0 bridgehead atoms. The predicted octanol–water partition coefficient (Wildman–Crippen LogP) is 4.48. The number of benzene rings is 2. The summed E-state index contributed by atoms with van der Waals surface area (Å²) in [5, 5.41) is 9.57. The number of nitriles is 1. The quantitative estimate of drug-likeness (QED) is 0.678. The van der Waals surface area contributed by atoms with Crippen LogP contribution in [0.25, 0.3) is 11.1 Å². The summed E-state index contributed by atoms with van der Waals surface area (Å²) in [4.78, 5) is 19.0. The fourth-order valence-corrected chi connectivity index (χ4v) is 3.37. The van der Waals surface area contributed by atoms with Crippen molar-refractivity contribution in [1.29, 1.82) is 5.26 Å². The topological polar surface area (TPSA) is 57.0 Å². The molecule has 0 fully saturated rings. The molecule has 0 saturated carbocycles. The van der Waals surface area contributed by atoms with Crippen LogP contribution in [0.1, 0.15) is 21.5 Å². The Kier molecular flexibility index (Phi) is 4.16. The molecule has 0 spiro atoms. The van der Waals surface area contributed by atoms with Gasteiger partial charge in [-0.15, -0.1) is 0 Å². The van der Waals surface area contributed by atoms with Gasteiger partial charge < -0.3 is 4.90 Å². The first-order chi connectivity index (χ1) is 12.7. The van der Waals surface area contributed by atoms with Gasteiger partial charge in [0.1, 0.15) is 0 Å². The molecule has 0 aliphatic carbocycles. The Balaban J connectivity index is 1.70. The fraction of sp³-hybridized carbons (Fsp3) is 0.0952. The maximum atomic E-state index is 12.9. The van der Waals surface area contributed by atoms with Gasteiger partial charge in [0.15, 0.2) is 0 Å². The van der Waals surface area contributed by atoms with E-state index in [0.717, 1.165) is 28.8 Å². The fourth-order valence-electron chi connectivity index (χ4n) is 3.25. The van der Waals surface area contributed by atoms with E-state index in [9.17, 15) is 4.79 Å². The largest absolute Gasteiger partial charge is 0.306 e. The van der Waals surface area contributed by atoms with Crippen LogP contribution >= 0.6 is 11.6 Å². The summed E-state index contributed by atoms with van der Waals surface area (Å²) in [5.41, 5.74) is 5.16. The smallest absolute Gasteiger partial charge is 0.258 e. The van der Waals surface area contributed by atoms with Gasteiger partial charge in [0.25, 0.3) is 5.91 Å². The maximum Gasteiger partial charge on any atom is 0.258 e. The number of anilines is 1. The summed E-state index contributed by atoms with van der Waals surface area (Å²) >= 11 is 5.91. The van der Waals surface area contributed by atoms with E-state index >= 15 is 0 Å². The van der Waals surface area contributed by atoms with Crippen LogP contribution in [-0.4, -0.2) is 17.4 Å². The Bertz CT molecular complexity index is 1020. The predicted molar refractivity (Wildman–Crippen MR) is 101 cm³/mol. The number of fused-ring (bicyclic) bond motifs is 1. The van der Waals surface area contributed by atoms with E-state index in [1.165, 1.54) is 0 Å². The van der Waals surface area contributed by atoms with Gasteiger partial charge in [-0.05, 0) is 53.9 Å². The average molecular weight is 360 g/mol. The molecule has 1 aromatic heterocycles. The number of aromatic nitrogens is 1. The first-order valence-corrected chi connectivity index (χ1v) is 8.60. The van der Waals surface area contributed by atoms with E-state index < -0.39 is 0 Å². The molecule has 0 N–H and O–H groups in total. The van der Waals surface area contributed by atoms with Gasteiger partial charge in [-0.3, -0.25) is 9.78 Å². The Hall–Kier alpha value is -3.16. The number of amides is 1. The van der Waals surface area contributed by atoms with Gasteiger partial charge >= 0.3 is 0 Å². The van der Waals surface area contributed by atoms with Gasteiger partial charge in [0, 0.05) is 28.9 Å². The second-order valence-electron chi connectivity index (χ2n) is 6.09. The first kappa shape index (κ1) is 16.3. The van der Waals surface area contributed by atoms with Gasteiger partial charge in [0.05, 0.1) is 23.5 Å². The summed E-state index contributed by atoms with van der Waals surface area (Å²) in [5.74, 6) is -0.0563. The number of carbonyl (C=O) groups excluding carboxylic acids is 1. The van der Waals surface area contributed by atoms with Gasteiger partial charge in [0.2, 0.25) is 0 Å². The van der Waals surface area contributed by atoms with Gasteiger partial charge in [-0.25, -0.2) is 0 Å². The van der Waals surface area contributed by atoms with Crippen LogP contribution in [0.2, 0.25) is 5.02 Å². The molecule has 0 saturated heterocycles. The van der Waals surface area contributed by atoms with E-state index in [2.05, 4.69) is 11.1 Å². The number of hydrogen-bond acceptors (Lipinski definition) is 3. The van der Waals surface area contributed by atoms with Crippen LogP contribution in [0, 0.1) is 11.3 Å². The van der Waals surface area contributed by atoms with Crippen molar-refractivity contribution in [2.24, 2.45) is 0 Å². The van der Waals surface area contributed by atoms with Crippen molar-refractivity contribution in [3.05, 3.63) is 82.6 Å². The Morgan fingerprint density at radius 1 is 1.08 bits per heavy atom. The van der Waals surface area contributed by atoms with Gasteiger partial charge in [-0.2, -0.15) is 5.26 Å². The minimum absolute atomic E-state index is 0.0563. The van der Waals surface area contributed by atoms with Crippen LogP contribution in [0.15, 0.2) is 60.9 Å². The maximum absolute atomic E-state index is 12.9. The average Bonchev–Trinajstić information content (AvgIpc) is 3.12. The minimum atomic E-state index is -0.0563. The van der Waals surface area contributed by atoms with Crippen molar-refractivity contribution in [1.82, 2.24) is 4.98 Å². The third kappa shape index (κ3) is 2.83. The molecule has 4 rings (SSSR count). The molecule has 1 aliphatic heterocycles. The highest BCUT2D eigenvalue weighted by atomic mass is 35.5. The van der Waals surface area contributed by atoms with Crippen molar-refractivity contribution < 1.29 is 4.79 Å². The summed E-state index contributed by atoms with van der Waals surface area (Å²) in [7, 11) is 0. The molecule has 126 valence electrons. The van der Waals surface area contributed by atoms with Gasteiger partial charge in [-0.1, -0.05) is 23.7 Å². The zero-order valence-corrected chi connectivity index (χ0v) is 14.6. The standard InChI is InChI=1S/C21H14ClN3O/c22-17-7-5-16(6-8-17)21(26)25-10-9-18-19(12-24-13-20(18)25)15-3-1-14(11-23)2-4-15/h1-8,12-13H,9-10H2. The van der Waals surface area contributed by atoms with Crippen molar-refractivity contribution in [3.63, 3.8) is 0 Å². The monoisotopic (exact) mass is 359 g/mol. The van der Waals surface area contributed by atoms with Crippen LogP contribution in [-0.2, 0) is 6.42 Å². The molecule has 4 nitrogen and oxygen atoms in total. The minimum Gasteiger partial charge on any atom is -0.306 e. The molecule has 26 heavy (non-hydrogen) atoms. The molecule has 0 radical (unpaired) electrons. The number of halogens is 1. The number of carbonyl (C=O) groups is 1. The van der Waals surface area contributed by atoms with E-state index in [1.54, 1.807) is 47.5 Å². The molecule has 0 unspecified atom stereocenters. The third-order valence-corrected chi connectivity index (χ3v) is 4.82. The highest BCUT2D eigenvalue weighted by molar-refractivity contribution is 6.30. The summed E-state index contributed by atoms with van der Waals surface area (Å²) in [6.45, 7) is 0.617. The molecule has 2 heterocycles. The Morgan fingerprint density at radius 3 is 2.50 bits per heavy atom. The highest BCUT2D eigenvalue weighted by Crippen LogP contribution is 2.36. The van der Waals surface area contributed by atoms with Crippen LogP contribution in [0.4, 0.5) is 5.69 Å². The summed E-state index contributed by atoms with van der Waals surface area (Å²) in [6.07, 6.45) is 4.33. The second kappa shape index (κ2) is 6.62. The van der Waals surface area contributed by atoms with Crippen molar-refractivity contribution in [2.75, 3.05) is 11.4 Å². The molecular weight excluding hydrogens is 346 g/mol. The number of pyridine rings is 1. The Morgan fingerprint density at radius 2 is 1.81 bits per heavy atom. The molecule has 3 aromatic rings. The first-order valence-electron chi connectivity index (χ1n) is 8.22. The van der Waals surface area contributed by atoms with Crippen LogP contribution in [0.3, 0.4) is 0 Å².